The van der Waals surface area contributed by atoms with E-state index in [0.29, 0.717) is 5.69 Å². The summed E-state index contributed by atoms with van der Waals surface area (Å²) in [6, 6.07) is 7.28. The molecular formula is C11H8BrN7O. The molecule has 0 aliphatic heterocycles. The lowest BCUT2D eigenvalue weighted by atomic mass is 10.3. The smallest absolute Gasteiger partial charge is 0.278 e. The number of hydrogen-bond donors (Lipinski definition) is 3. The van der Waals surface area contributed by atoms with Crippen molar-refractivity contribution in [1.29, 1.82) is 0 Å². The standard InChI is InChI=1S/C11H8BrN7O/c12-5-1-3-6(4-2-5)18-19-11-14-7-8(16-11)15-10(13)17-9(7)20/h1-4H,(H4,13,14,15,16,17,20). The first kappa shape index (κ1) is 12.5. The van der Waals surface area contributed by atoms with E-state index in [-0.39, 0.29) is 23.1 Å². The molecule has 3 rings (SSSR count). The number of rotatable bonds is 2. The number of H-pyrrole nitrogens is 2. The van der Waals surface area contributed by atoms with Gasteiger partial charge in [0.25, 0.3) is 5.56 Å². The number of fused-ring (bicyclic) bond motifs is 1. The number of azo groups is 1. The highest BCUT2D eigenvalue weighted by molar-refractivity contribution is 9.10. The van der Waals surface area contributed by atoms with E-state index in [1.165, 1.54) is 0 Å². The van der Waals surface area contributed by atoms with Gasteiger partial charge >= 0.3 is 0 Å². The maximum Gasteiger partial charge on any atom is 0.278 e. The van der Waals surface area contributed by atoms with Crippen LogP contribution in [0.5, 0.6) is 0 Å². The van der Waals surface area contributed by atoms with E-state index >= 15 is 0 Å². The lowest BCUT2D eigenvalue weighted by Gasteiger charge is -1.90. The number of hydrogen-bond acceptors (Lipinski definition) is 6. The Kier molecular flexibility index (Phi) is 3.03. The van der Waals surface area contributed by atoms with E-state index < -0.39 is 5.56 Å². The number of nitrogens with zero attached hydrogens (tertiary/aromatic N) is 4. The fraction of sp³-hybridized carbons (Fsp3) is 0. The van der Waals surface area contributed by atoms with E-state index in [1.54, 1.807) is 12.1 Å². The molecule has 0 aliphatic rings. The molecule has 0 spiro atoms. The van der Waals surface area contributed by atoms with Crippen molar-refractivity contribution in [3.63, 3.8) is 0 Å². The Morgan fingerprint density at radius 2 is 1.85 bits per heavy atom. The number of nitrogens with two attached hydrogens (primary N) is 1. The number of benzene rings is 1. The molecule has 0 bridgehead atoms. The molecule has 1 aromatic carbocycles. The van der Waals surface area contributed by atoms with Gasteiger partial charge in [-0.05, 0) is 24.3 Å². The summed E-state index contributed by atoms with van der Waals surface area (Å²) in [5.74, 6) is 0.192. The van der Waals surface area contributed by atoms with Crippen molar-refractivity contribution in [2.45, 2.75) is 0 Å². The summed E-state index contributed by atoms with van der Waals surface area (Å²) in [4.78, 5) is 24.6. The fourth-order valence-electron chi connectivity index (χ4n) is 1.57. The van der Waals surface area contributed by atoms with Crippen LogP contribution in [0.3, 0.4) is 0 Å². The number of anilines is 1. The van der Waals surface area contributed by atoms with Crippen molar-refractivity contribution in [1.82, 2.24) is 19.9 Å². The normalized spacial score (nSPS) is 11.4. The van der Waals surface area contributed by atoms with Gasteiger partial charge in [-0.25, -0.2) is 0 Å². The van der Waals surface area contributed by atoms with Crippen LogP contribution in [-0.2, 0) is 0 Å². The van der Waals surface area contributed by atoms with Gasteiger partial charge in [0, 0.05) is 4.47 Å². The zero-order valence-electron chi connectivity index (χ0n) is 9.96. The van der Waals surface area contributed by atoms with Gasteiger partial charge in [0.05, 0.1) is 5.69 Å². The highest BCUT2D eigenvalue weighted by Crippen LogP contribution is 2.19. The summed E-state index contributed by atoms with van der Waals surface area (Å²) in [7, 11) is 0. The topological polar surface area (TPSA) is 125 Å². The quantitative estimate of drug-likeness (QED) is 0.622. The number of aromatic amines is 2. The second-order valence-corrected chi connectivity index (χ2v) is 4.80. The number of aromatic nitrogens is 4. The molecule has 4 N–H and O–H groups in total. The average molecular weight is 334 g/mol. The van der Waals surface area contributed by atoms with Gasteiger partial charge in [0.15, 0.2) is 11.2 Å². The minimum Gasteiger partial charge on any atom is -0.369 e. The molecule has 0 amide bonds. The van der Waals surface area contributed by atoms with E-state index in [1.807, 2.05) is 12.1 Å². The first-order chi connectivity index (χ1) is 9.61. The number of nitrogen functional groups attached to an aromatic ring is 1. The van der Waals surface area contributed by atoms with E-state index in [9.17, 15) is 4.79 Å². The Labute approximate surface area is 120 Å². The van der Waals surface area contributed by atoms with Crippen LogP contribution in [0.4, 0.5) is 17.6 Å². The molecule has 0 radical (unpaired) electrons. The zero-order valence-corrected chi connectivity index (χ0v) is 11.5. The second kappa shape index (κ2) is 4.85. The third-order valence-corrected chi connectivity index (χ3v) is 2.98. The van der Waals surface area contributed by atoms with E-state index in [4.69, 9.17) is 5.73 Å². The van der Waals surface area contributed by atoms with Crippen molar-refractivity contribution in [2.75, 3.05) is 5.73 Å². The summed E-state index contributed by atoms with van der Waals surface area (Å²) < 4.78 is 0.950. The molecule has 20 heavy (non-hydrogen) atoms. The molecule has 0 fully saturated rings. The maximum absolute atomic E-state index is 11.6. The first-order valence-electron chi connectivity index (χ1n) is 5.54. The molecule has 100 valence electrons. The molecule has 2 aromatic heterocycles. The van der Waals surface area contributed by atoms with Crippen LogP contribution >= 0.6 is 15.9 Å². The van der Waals surface area contributed by atoms with Gasteiger partial charge in [0.2, 0.25) is 11.9 Å². The van der Waals surface area contributed by atoms with Gasteiger partial charge < -0.3 is 10.7 Å². The summed E-state index contributed by atoms with van der Waals surface area (Å²) in [6.45, 7) is 0. The Bertz CT molecular complexity index is 849. The largest absolute Gasteiger partial charge is 0.369 e. The van der Waals surface area contributed by atoms with Crippen LogP contribution in [0, 0.1) is 0 Å². The van der Waals surface area contributed by atoms with Crippen molar-refractivity contribution in [2.24, 2.45) is 10.2 Å². The minimum absolute atomic E-state index is 0.00500. The molecule has 0 atom stereocenters. The molecule has 2 heterocycles. The molecule has 9 heteroatoms. The lowest BCUT2D eigenvalue weighted by molar-refractivity contribution is 1.13. The van der Waals surface area contributed by atoms with Crippen molar-refractivity contribution in [3.8, 4) is 0 Å². The Balaban J connectivity index is 1.97. The minimum atomic E-state index is -0.398. The Hall–Kier alpha value is -2.55. The number of halogens is 1. The van der Waals surface area contributed by atoms with Gasteiger partial charge in [0.1, 0.15) is 0 Å². The highest BCUT2D eigenvalue weighted by atomic mass is 79.9. The molecule has 0 saturated carbocycles. The van der Waals surface area contributed by atoms with Crippen molar-refractivity contribution >= 4 is 44.7 Å². The Morgan fingerprint density at radius 3 is 2.60 bits per heavy atom. The average Bonchev–Trinajstić information content (AvgIpc) is 2.81. The maximum atomic E-state index is 11.6. The molecule has 0 saturated heterocycles. The van der Waals surface area contributed by atoms with Gasteiger partial charge in [-0.3, -0.25) is 9.78 Å². The van der Waals surface area contributed by atoms with Crippen LogP contribution < -0.4 is 11.3 Å². The molecule has 3 aromatic rings. The lowest BCUT2D eigenvalue weighted by Crippen LogP contribution is -2.10. The predicted octanol–water partition coefficient (Wildman–Crippen LogP) is 2.41. The van der Waals surface area contributed by atoms with Crippen molar-refractivity contribution in [3.05, 3.63) is 39.1 Å². The molecular weight excluding hydrogens is 326 g/mol. The zero-order chi connectivity index (χ0) is 14.1. The monoisotopic (exact) mass is 333 g/mol. The Morgan fingerprint density at radius 1 is 1.10 bits per heavy atom. The fourth-order valence-corrected chi connectivity index (χ4v) is 1.84. The van der Waals surface area contributed by atoms with Crippen LogP contribution in [0.15, 0.2) is 43.8 Å². The molecule has 0 aliphatic carbocycles. The SMILES string of the molecule is Nc1nc2nc(N=Nc3ccc(Br)cc3)[nH]c2c(=O)[nH]1. The van der Waals surface area contributed by atoms with Gasteiger partial charge in [-0.1, -0.05) is 15.9 Å². The molecule has 0 unspecified atom stereocenters. The van der Waals surface area contributed by atoms with Crippen molar-refractivity contribution < 1.29 is 0 Å². The first-order valence-corrected chi connectivity index (χ1v) is 6.34. The van der Waals surface area contributed by atoms with E-state index in [2.05, 4.69) is 46.1 Å². The third kappa shape index (κ3) is 2.43. The predicted molar refractivity (Wildman–Crippen MR) is 77.2 cm³/mol. The van der Waals surface area contributed by atoms with Crippen LogP contribution in [-0.4, -0.2) is 19.9 Å². The second-order valence-electron chi connectivity index (χ2n) is 3.89. The summed E-state index contributed by atoms with van der Waals surface area (Å²) in [5, 5.41) is 7.93. The number of nitrogens with one attached hydrogen (secondary N) is 2. The van der Waals surface area contributed by atoms with Crippen LogP contribution in [0.1, 0.15) is 0 Å². The highest BCUT2D eigenvalue weighted by Gasteiger charge is 2.07. The van der Waals surface area contributed by atoms with E-state index in [0.717, 1.165) is 4.47 Å². The van der Waals surface area contributed by atoms with Crippen LogP contribution in [0.2, 0.25) is 0 Å². The summed E-state index contributed by atoms with van der Waals surface area (Å²) in [6.07, 6.45) is 0. The van der Waals surface area contributed by atoms with Crippen LogP contribution in [0.25, 0.3) is 11.2 Å². The summed E-state index contributed by atoms with van der Waals surface area (Å²) in [5.41, 5.74) is 6.11. The molecule has 8 nitrogen and oxygen atoms in total. The van der Waals surface area contributed by atoms with Gasteiger partial charge in [-0.2, -0.15) is 9.97 Å². The number of imidazole rings is 1. The summed E-state index contributed by atoms with van der Waals surface area (Å²) >= 11 is 3.33. The third-order valence-electron chi connectivity index (χ3n) is 2.45. The van der Waals surface area contributed by atoms with Gasteiger partial charge in [-0.15, -0.1) is 10.2 Å².